The predicted octanol–water partition coefficient (Wildman–Crippen LogP) is 2.35. The van der Waals surface area contributed by atoms with E-state index in [9.17, 15) is 13.2 Å². The number of alkyl halides is 3. The summed E-state index contributed by atoms with van der Waals surface area (Å²) < 4.78 is 35.8. The maximum Gasteiger partial charge on any atom is 0.419 e. The summed E-state index contributed by atoms with van der Waals surface area (Å²) in [7, 11) is 0. The van der Waals surface area contributed by atoms with Gasteiger partial charge in [-0.1, -0.05) is 12.2 Å². The van der Waals surface area contributed by atoms with Gasteiger partial charge in [0.25, 0.3) is 0 Å². The fourth-order valence-electron chi connectivity index (χ4n) is 0.712. The van der Waals surface area contributed by atoms with Crippen molar-refractivity contribution in [1.29, 1.82) is 0 Å². The van der Waals surface area contributed by atoms with Crippen LogP contribution in [0.4, 0.5) is 19.0 Å². The standard InChI is InChI=1S/C6H5F3N2S/c7-6(8,9)3-1-2-4(10)11-5(3)12/h1-2H,(H3,10,11,12). The monoisotopic (exact) mass is 194 g/mol. The molecule has 12 heavy (non-hydrogen) atoms. The largest absolute Gasteiger partial charge is 0.419 e. The van der Waals surface area contributed by atoms with Gasteiger partial charge in [-0.05, 0) is 12.1 Å². The lowest BCUT2D eigenvalue weighted by Crippen LogP contribution is -2.07. The Balaban J connectivity index is 3.29. The first-order valence-corrected chi connectivity index (χ1v) is 3.38. The summed E-state index contributed by atoms with van der Waals surface area (Å²) in [6.45, 7) is 0. The Kier molecular flexibility index (Phi) is 2.10. The first-order chi connectivity index (χ1) is 5.41. The van der Waals surface area contributed by atoms with Crippen molar-refractivity contribution in [3.63, 3.8) is 0 Å². The van der Waals surface area contributed by atoms with E-state index in [1.54, 1.807) is 0 Å². The number of H-pyrrole nitrogens is 1. The van der Waals surface area contributed by atoms with Gasteiger partial charge in [0.05, 0.1) is 5.56 Å². The Morgan fingerprint density at radius 3 is 2.33 bits per heavy atom. The Morgan fingerprint density at radius 2 is 1.92 bits per heavy atom. The lowest BCUT2D eigenvalue weighted by Gasteiger charge is -2.06. The van der Waals surface area contributed by atoms with E-state index in [-0.39, 0.29) is 10.5 Å². The topological polar surface area (TPSA) is 41.8 Å². The van der Waals surface area contributed by atoms with Gasteiger partial charge in [-0.25, -0.2) is 0 Å². The molecule has 3 N–H and O–H groups in total. The first kappa shape index (κ1) is 9.05. The lowest BCUT2D eigenvalue weighted by atomic mass is 10.3. The van der Waals surface area contributed by atoms with E-state index in [1.807, 2.05) is 0 Å². The second-order valence-corrected chi connectivity index (χ2v) is 2.56. The highest BCUT2D eigenvalue weighted by Gasteiger charge is 2.32. The molecule has 1 aromatic rings. The molecule has 0 aliphatic heterocycles. The maximum atomic E-state index is 12.1. The molecule has 2 nitrogen and oxygen atoms in total. The number of halogens is 3. The van der Waals surface area contributed by atoms with E-state index in [4.69, 9.17) is 5.73 Å². The van der Waals surface area contributed by atoms with Crippen molar-refractivity contribution in [2.45, 2.75) is 6.18 Å². The molecule has 0 atom stereocenters. The number of rotatable bonds is 0. The number of aromatic nitrogens is 1. The fraction of sp³-hybridized carbons (Fsp3) is 0.167. The molecular formula is C6H5F3N2S. The molecule has 0 unspecified atom stereocenters. The smallest absolute Gasteiger partial charge is 0.385 e. The average Bonchev–Trinajstić information content (AvgIpc) is 1.83. The number of nitrogen functional groups attached to an aromatic ring is 1. The van der Waals surface area contributed by atoms with E-state index < -0.39 is 11.7 Å². The first-order valence-electron chi connectivity index (χ1n) is 2.97. The summed E-state index contributed by atoms with van der Waals surface area (Å²) in [5.41, 5.74) is 4.31. The highest BCUT2D eigenvalue weighted by molar-refractivity contribution is 7.71. The van der Waals surface area contributed by atoms with Crippen molar-refractivity contribution in [3.05, 3.63) is 22.3 Å². The highest BCUT2D eigenvalue weighted by Crippen LogP contribution is 2.29. The molecule has 1 heterocycles. The number of nitrogens with two attached hydrogens (primary N) is 1. The van der Waals surface area contributed by atoms with Gasteiger partial charge in [-0.2, -0.15) is 13.2 Å². The van der Waals surface area contributed by atoms with Crippen molar-refractivity contribution >= 4 is 18.0 Å². The summed E-state index contributed by atoms with van der Waals surface area (Å²) in [5.74, 6) is 0.119. The van der Waals surface area contributed by atoms with Crippen LogP contribution < -0.4 is 5.73 Å². The molecule has 0 radical (unpaired) electrons. The summed E-state index contributed by atoms with van der Waals surface area (Å²) in [5, 5.41) is 0. The van der Waals surface area contributed by atoms with E-state index in [2.05, 4.69) is 17.2 Å². The van der Waals surface area contributed by atoms with Crippen LogP contribution in [0.1, 0.15) is 5.56 Å². The zero-order valence-electron chi connectivity index (χ0n) is 5.77. The minimum atomic E-state index is -4.42. The molecule has 0 bridgehead atoms. The third-order valence-electron chi connectivity index (χ3n) is 1.24. The molecule has 0 aliphatic rings. The Labute approximate surface area is 71.2 Å². The number of hydrogen-bond donors (Lipinski definition) is 2. The van der Waals surface area contributed by atoms with Gasteiger partial charge in [0.15, 0.2) is 0 Å². The average molecular weight is 194 g/mol. The Hall–Kier alpha value is -1.04. The second-order valence-electron chi connectivity index (χ2n) is 2.15. The van der Waals surface area contributed by atoms with Gasteiger partial charge >= 0.3 is 6.18 Å². The van der Waals surface area contributed by atoms with E-state index >= 15 is 0 Å². The Morgan fingerprint density at radius 1 is 1.33 bits per heavy atom. The zero-order valence-corrected chi connectivity index (χ0v) is 6.59. The normalized spacial score (nSPS) is 11.6. The molecule has 0 aromatic carbocycles. The molecular weight excluding hydrogens is 189 g/mol. The van der Waals surface area contributed by atoms with Crippen molar-refractivity contribution in [2.24, 2.45) is 0 Å². The molecule has 0 amide bonds. The quantitative estimate of drug-likeness (QED) is 0.622. The number of nitrogens with one attached hydrogen (secondary N) is 1. The molecule has 0 aliphatic carbocycles. The van der Waals surface area contributed by atoms with Crippen molar-refractivity contribution in [3.8, 4) is 0 Å². The van der Waals surface area contributed by atoms with Crippen LogP contribution in [0.5, 0.6) is 0 Å². The van der Waals surface area contributed by atoms with Gasteiger partial charge < -0.3 is 10.7 Å². The van der Waals surface area contributed by atoms with Crippen LogP contribution in [0.15, 0.2) is 12.1 Å². The third-order valence-corrected chi connectivity index (χ3v) is 1.56. The minimum Gasteiger partial charge on any atom is -0.385 e. The maximum absolute atomic E-state index is 12.1. The summed E-state index contributed by atoms with van der Waals surface area (Å²) >= 11 is 4.43. The summed E-state index contributed by atoms with van der Waals surface area (Å²) in [6, 6.07) is 1.98. The SMILES string of the molecule is Nc1ccc(C(F)(F)F)c(=S)[nH]1. The highest BCUT2D eigenvalue weighted by atomic mass is 32.1. The van der Waals surface area contributed by atoms with Crippen LogP contribution in [-0.4, -0.2) is 4.98 Å². The van der Waals surface area contributed by atoms with Gasteiger partial charge in [-0.3, -0.25) is 0 Å². The number of pyridine rings is 1. The van der Waals surface area contributed by atoms with Crippen LogP contribution in [0.25, 0.3) is 0 Å². The summed E-state index contributed by atoms with van der Waals surface area (Å²) in [4.78, 5) is 2.22. The van der Waals surface area contributed by atoms with Crippen molar-refractivity contribution < 1.29 is 13.2 Å². The summed E-state index contributed by atoms with van der Waals surface area (Å²) in [6.07, 6.45) is -4.42. The van der Waals surface area contributed by atoms with Gasteiger partial charge in [0, 0.05) is 0 Å². The number of aromatic amines is 1. The van der Waals surface area contributed by atoms with Crippen LogP contribution >= 0.6 is 12.2 Å². The lowest BCUT2D eigenvalue weighted by molar-refractivity contribution is -0.138. The Bertz CT molecular complexity index is 341. The molecule has 0 saturated carbocycles. The molecule has 6 heteroatoms. The third kappa shape index (κ3) is 1.76. The molecule has 66 valence electrons. The van der Waals surface area contributed by atoms with Crippen LogP contribution in [0.2, 0.25) is 0 Å². The zero-order chi connectivity index (χ0) is 9.35. The number of anilines is 1. The van der Waals surface area contributed by atoms with Crippen molar-refractivity contribution in [1.82, 2.24) is 4.98 Å². The number of hydrogen-bond acceptors (Lipinski definition) is 2. The van der Waals surface area contributed by atoms with E-state index in [1.165, 1.54) is 0 Å². The van der Waals surface area contributed by atoms with Crippen LogP contribution in [0.3, 0.4) is 0 Å². The molecule has 1 aromatic heterocycles. The van der Waals surface area contributed by atoms with E-state index in [0.29, 0.717) is 0 Å². The second kappa shape index (κ2) is 2.78. The van der Waals surface area contributed by atoms with E-state index in [0.717, 1.165) is 12.1 Å². The molecule has 0 saturated heterocycles. The molecule has 1 rings (SSSR count). The van der Waals surface area contributed by atoms with Gasteiger partial charge in [-0.15, -0.1) is 0 Å². The van der Waals surface area contributed by atoms with Crippen LogP contribution in [0, 0.1) is 4.64 Å². The van der Waals surface area contributed by atoms with Crippen LogP contribution in [-0.2, 0) is 6.18 Å². The fourth-order valence-corrected chi connectivity index (χ4v) is 1.01. The van der Waals surface area contributed by atoms with Gasteiger partial charge in [0.2, 0.25) is 0 Å². The predicted molar refractivity (Wildman–Crippen MR) is 41.0 cm³/mol. The van der Waals surface area contributed by atoms with Gasteiger partial charge in [0.1, 0.15) is 10.5 Å². The minimum absolute atomic E-state index is 0.119. The molecule has 0 spiro atoms. The van der Waals surface area contributed by atoms with Crippen molar-refractivity contribution in [2.75, 3.05) is 5.73 Å². The molecule has 0 fully saturated rings.